The van der Waals surface area contributed by atoms with Crippen molar-refractivity contribution >= 4 is 34.6 Å². The molecule has 0 saturated heterocycles. The Labute approximate surface area is 187 Å². The summed E-state index contributed by atoms with van der Waals surface area (Å²) in [6, 6.07) is 25.8. The van der Waals surface area contributed by atoms with Crippen LogP contribution in [-0.2, 0) is 4.87 Å². The molecule has 1 unspecified atom stereocenters. The van der Waals surface area contributed by atoms with Gasteiger partial charge in [-0.05, 0) is 47.9 Å². The number of hydrogen-bond donors (Lipinski definition) is 0. The van der Waals surface area contributed by atoms with E-state index in [1.165, 1.54) is 0 Å². The van der Waals surface area contributed by atoms with E-state index in [9.17, 15) is 0 Å². The molecule has 0 aliphatic heterocycles. The highest BCUT2D eigenvalue weighted by molar-refractivity contribution is 6.34. The minimum absolute atomic E-state index is 0.638. The van der Waals surface area contributed by atoms with Gasteiger partial charge in [0.1, 0.15) is 4.87 Å². The number of hydrogen-bond acceptors (Lipinski definition) is 1. The van der Waals surface area contributed by atoms with Crippen molar-refractivity contribution in [3.63, 3.8) is 0 Å². The van der Waals surface area contributed by atoms with Crippen molar-refractivity contribution in [3.8, 4) is 0 Å². The number of alkyl halides is 1. The number of benzene rings is 3. The second-order valence-corrected chi connectivity index (χ2v) is 7.99. The number of halogens is 2. The van der Waals surface area contributed by atoms with Crippen LogP contribution < -0.4 is 0 Å². The molecule has 30 heavy (non-hydrogen) atoms. The Hall–Kier alpha value is -2.87. The van der Waals surface area contributed by atoms with Crippen molar-refractivity contribution in [2.75, 3.05) is 0 Å². The van der Waals surface area contributed by atoms with Gasteiger partial charge in [0.2, 0.25) is 0 Å². The van der Waals surface area contributed by atoms with Gasteiger partial charge >= 0.3 is 0 Å². The standard InChI is InChI=1S/C27H21Cl2N/c28-26-16-10-9-15-25(26)27(29,21-11-5-4-6-12-21)22-17-19-24(20-18-22)30-23-13-7-2-1-3-8-14-23/h1-2,4-20H,3H2/b2-1-,13-7?,14-8-,30-23?. The molecular weight excluding hydrogens is 409 g/mol. The van der Waals surface area contributed by atoms with Crippen molar-refractivity contribution in [1.82, 2.24) is 0 Å². The van der Waals surface area contributed by atoms with Gasteiger partial charge in [-0.3, -0.25) is 0 Å². The van der Waals surface area contributed by atoms with Crippen LogP contribution in [-0.4, -0.2) is 5.71 Å². The Kier molecular flexibility index (Phi) is 6.32. The summed E-state index contributed by atoms with van der Waals surface area (Å²) >= 11 is 13.9. The lowest BCUT2D eigenvalue weighted by Crippen LogP contribution is -2.22. The van der Waals surface area contributed by atoms with E-state index in [0.29, 0.717) is 5.02 Å². The van der Waals surface area contributed by atoms with Gasteiger partial charge in [-0.15, -0.1) is 11.6 Å². The van der Waals surface area contributed by atoms with Gasteiger partial charge in [0.05, 0.1) is 11.4 Å². The van der Waals surface area contributed by atoms with Gasteiger partial charge in [0, 0.05) is 10.6 Å². The molecule has 1 aliphatic rings. The molecule has 4 rings (SSSR count). The lowest BCUT2D eigenvalue weighted by Gasteiger charge is -2.30. The molecule has 0 N–H and O–H groups in total. The van der Waals surface area contributed by atoms with Gasteiger partial charge in [0.25, 0.3) is 0 Å². The third-order valence-corrected chi connectivity index (χ3v) is 5.98. The molecule has 0 bridgehead atoms. The third kappa shape index (κ3) is 4.33. The van der Waals surface area contributed by atoms with E-state index in [-0.39, 0.29) is 0 Å². The van der Waals surface area contributed by atoms with Crippen LogP contribution in [0, 0.1) is 0 Å². The molecule has 1 aliphatic carbocycles. The number of allylic oxidation sites excluding steroid dienone is 6. The lowest BCUT2D eigenvalue weighted by molar-refractivity contribution is 0.880. The highest BCUT2D eigenvalue weighted by Crippen LogP contribution is 2.45. The van der Waals surface area contributed by atoms with Crippen LogP contribution in [0.1, 0.15) is 23.1 Å². The molecule has 3 aromatic rings. The fourth-order valence-electron chi connectivity index (χ4n) is 3.51. The average Bonchev–Trinajstić information content (AvgIpc) is 2.76. The molecule has 0 spiro atoms. The third-order valence-electron chi connectivity index (χ3n) is 5.01. The predicted molar refractivity (Wildman–Crippen MR) is 129 cm³/mol. The predicted octanol–water partition coefficient (Wildman–Crippen LogP) is 8.02. The molecule has 148 valence electrons. The summed E-state index contributed by atoms with van der Waals surface area (Å²) in [7, 11) is 0. The summed E-state index contributed by atoms with van der Waals surface area (Å²) in [5.41, 5.74) is 4.56. The number of aliphatic imine (C=N–C) groups is 1. The molecule has 1 atom stereocenters. The van der Waals surface area contributed by atoms with E-state index < -0.39 is 4.87 Å². The van der Waals surface area contributed by atoms with Gasteiger partial charge in [-0.1, -0.05) is 96.6 Å². The summed E-state index contributed by atoms with van der Waals surface area (Å²) in [6.07, 6.45) is 13.2. The molecular formula is C27H21Cl2N. The van der Waals surface area contributed by atoms with E-state index in [1.807, 2.05) is 103 Å². The first-order chi connectivity index (χ1) is 14.7. The van der Waals surface area contributed by atoms with Crippen molar-refractivity contribution in [2.24, 2.45) is 4.99 Å². The topological polar surface area (TPSA) is 12.4 Å². The van der Waals surface area contributed by atoms with Crippen LogP contribution in [0.2, 0.25) is 5.02 Å². The van der Waals surface area contributed by atoms with Gasteiger partial charge < -0.3 is 0 Å². The first-order valence-corrected chi connectivity index (χ1v) is 10.6. The molecule has 0 saturated carbocycles. The first-order valence-electron chi connectivity index (χ1n) is 9.86. The summed E-state index contributed by atoms with van der Waals surface area (Å²) < 4.78 is 0. The largest absolute Gasteiger partial charge is 0.249 e. The molecule has 0 radical (unpaired) electrons. The fraction of sp³-hybridized carbons (Fsp3) is 0.0741. The molecule has 0 fully saturated rings. The summed E-state index contributed by atoms with van der Waals surface area (Å²) in [5.74, 6) is 0. The summed E-state index contributed by atoms with van der Waals surface area (Å²) in [4.78, 5) is 3.85. The van der Waals surface area contributed by atoms with Crippen LogP contribution in [0.4, 0.5) is 5.69 Å². The number of nitrogens with zero attached hydrogens (tertiary/aromatic N) is 1. The molecule has 3 heteroatoms. The fourth-order valence-corrected chi connectivity index (χ4v) is 4.25. The molecule has 1 nitrogen and oxygen atoms in total. The normalized spacial score (nSPS) is 18.9. The van der Waals surface area contributed by atoms with Crippen molar-refractivity contribution in [2.45, 2.75) is 11.3 Å². The Morgan fingerprint density at radius 2 is 1.40 bits per heavy atom. The van der Waals surface area contributed by atoms with Crippen LogP contribution in [0.25, 0.3) is 0 Å². The van der Waals surface area contributed by atoms with E-state index in [4.69, 9.17) is 28.2 Å². The smallest absolute Gasteiger partial charge is 0.121 e. The maximum absolute atomic E-state index is 7.35. The first kappa shape index (κ1) is 20.4. The Bertz CT molecular complexity index is 1130. The Morgan fingerprint density at radius 3 is 2.17 bits per heavy atom. The zero-order valence-electron chi connectivity index (χ0n) is 16.4. The summed E-state index contributed by atoms with van der Waals surface area (Å²) in [6.45, 7) is 0. The molecule has 0 heterocycles. The Balaban J connectivity index is 1.77. The van der Waals surface area contributed by atoms with E-state index in [0.717, 1.165) is 34.5 Å². The van der Waals surface area contributed by atoms with Crippen molar-refractivity contribution < 1.29 is 0 Å². The lowest BCUT2D eigenvalue weighted by atomic mass is 9.84. The highest BCUT2D eigenvalue weighted by Gasteiger charge is 2.35. The minimum Gasteiger partial charge on any atom is -0.249 e. The minimum atomic E-state index is -0.893. The van der Waals surface area contributed by atoms with E-state index in [1.54, 1.807) is 0 Å². The second kappa shape index (κ2) is 9.30. The van der Waals surface area contributed by atoms with Crippen LogP contribution >= 0.6 is 23.2 Å². The highest BCUT2D eigenvalue weighted by atomic mass is 35.5. The molecule has 0 aromatic heterocycles. The van der Waals surface area contributed by atoms with Gasteiger partial charge in [0.15, 0.2) is 0 Å². The molecule has 0 amide bonds. The van der Waals surface area contributed by atoms with Gasteiger partial charge in [-0.25, -0.2) is 4.99 Å². The number of rotatable bonds is 4. The van der Waals surface area contributed by atoms with Crippen molar-refractivity contribution in [3.05, 3.63) is 137 Å². The van der Waals surface area contributed by atoms with E-state index in [2.05, 4.69) is 12.2 Å². The Morgan fingerprint density at radius 1 is 0.700 bits per heavy atom. The molecule has 3 aromatic carbocycles. The SMILES string of the molecule is Clc1ccccc1C(Cl)(c1ccccc1)c1ccc(N=C2C=C/C=C\C/C=C\2)cc1. The maximum Gasteiger partial charge on any atom is 0.121 e. The average molecular weight is 430 g/mol. The van der Waals surface area contributed by atoms with Crippen LogP contribution in [0.5, 0.6) is 0 Å². The maximum atomic E-state index is 7.35. The zero-order valence-corrected chi connectivity index (χ0v) is 17.9. The quantitative estimate of drug-likeness (QED) is 0.294. The van der Waals surface area contributed by atoms with Crippen molar-refractivity contribution in [1.29, 1.82) is 0 Å². The zero-order chi connectivity index (χ0) is 20.8. The second-order valence-electron chi connectivity index (χ2n) is 7.01. The van der Waals surface area contributed by atoms with Gasteiger partial charge in [-0.2, -0.15) is 0 Å². The summed E-state index contributed by atoms with van der Waals surface area (Å²) in [5, 5.41) is 0.638. The van der Waals surface area contributed by atoms with E-state index >= 15 is 0 Å². The van der Waals surface area contributed by atoms with Crippen LogP contribution in [0.15, 0.2) is 120 Å². The van der Waals surface area contributed by atoms with Crippen LogP contribution in [0.3, 0.4) is 0 Å². The monoisotopic (exact) mass is 429 g/mol.